The number of fused-ring (bicyclic) bond motifs is 3. The highest BCUT2D eigenvalue weighted by atomic mass is 32.2. The normalized spacial score (nSPS) is 16.8. The van der Waals surface area contributed by atoms with E-state index in [1.165, 1.54) is 58.4 Å². The summed E-state index contributed by atoms with van der Waals surface area (Å²) in [5.74, 6) is 1.17. The Labute approximate surface area is 210 Å². The summed E-state index contributed by atoms with van der Waals surface area (Å²) in [6, 6.07) is 22.2. The zero-order valence-corrected chi connectivity index (χ0v) is 21.2. The van der Waals surface area contributed by atoms with Gasteiger partial charge in [0, 0.05) is 31.1 Å². The van der Waals surface area contributed by atoms with Crippen LogP contribution in [0.5, 0.6) is 0 Å². The maximum absolute atomic E-state index is 5.08. The van der Waals surface area contributed by atoms with Gasteiger partial charge in [-0.05, 0) is 48.6 Å². The highest BCUT2D eigenvalue weighted by Gasteiger charge is 2.29. The number of nitrogens with zero attached hydrogens (tertiary/aromatic N) is 4. The number of thiophene rings is 1. The molecule has 1 fully saturated rings. The molecule has 4 aromatic rings. The van der Waals surface area contributed by atoms with Crippen LogP contribution in [0.25, 0.3) is 10.2 Å². The lowest BCUT2D eigenvalue weighted by atomic mass is 9.96. The van der Waals surface area contributed by atoms with Crippen molar-refractivity contribution in [3.05, 3.63) is 82.2 Å². The lowest BCUT2D eigenvalue weighted by Gasteiger charge is -2.40. The molecule has 6 heteroatoms. The number of aromatic nitrogens is 2. The van der Waals surface area contributed by atoms with E-state index in [4.69, 9.17) is 9.97 Å². The van der Waals surface area contributed by atoms with Crippen molar-refractivity contribution >= 4 is 39.1 Å². The SMILES string of the molecule is CSc1nc(N2CCN(C(c3ccccc3)c3ccccc3)CC2)c2c3c(sc2n1)CCCC3. The van der Waals surface area contributed by atoms with Crippen LogP contribution in [-0.4, -0.2) is 47.3 Å². The van der Waals surface area contributed by atoms with Crippen molar-refractivity contribution in [2.24, 2.45) is 0 Å². The maximum atomic E-state index is 5.08. The maximum Gasteiger partial charge on any atom is 0.190 e. The first-order valence-electron chi connectivity index (χ1n) is 12.3. The second-order valence-electron chi connectivity index (χ2n) is 9.17. The zero-order valence-electron chi connectivity index (χ0n) is 19.6. The number of piperazine rings is 1. The predicted molar refractivity (Wildman–Crippen MR) is 144 cm³/mol. The number of benzene rings is 2. The van der Waals surface area contributed by atoms with Crippen LogP contribution in [0.1, 0.15) is 40.5 Å². The topological polar surface area (TPSA) is 32.3 Å². The van der Waals surface area contributed by atoms with Gasteiger partial charge >= 0.3 is 0 Å². The van der Waals surface area contributed by atoms with Gasteiger partial charge in [0.05, 0.1) is 11.4 Å². The standard InChI is InChI=1S/C28H30N4S2/c1-33-28-29-26(24-22-14-8-9-15-23(22)34-27(24)30-28)32-18-16-31(17-19-32)25(20-10-4-2-5-11-20)21-12-6-3-7-13-21/h2-7,10-13,25H,8-9,14-19H2,1H3. The average molecular weight is 487 g/mol. The van der Waals surface area contributed by atoms with E-state index >= 15 is 0 Å². The zero-order chi connectivity index (χ0) is 22.9. The van der Waals surface area contributed by atoms with Crippen LogP contribution in [0.2, 0.25) is 0 Å². The fourth-order valence-corrected chi connectivity index (χ4v) is 7.19. The number of hydrogen-bond donors (Lipinski definition) is 0. The number of thioether (sulfide) groups is 1. The van der Waals surface area contributed by atoms with Crippen LogP contribution in [0.3, 0.4) is 0 Å². The van der Waals surface area contributed by atoms with E-state index in [0.717, 1.165) is 31.3 Å². The lowest BCUT2D eigenvalue weighted by Crippen LogP contribution is -2.48. The molecule has 0 amide bonds. The third-order valence-electron chi connectivity index (χ3n) is 7.17. The Morgan fingerprint density at radius 2 is 1.47 bits per heavy atom. The Hall–Kier alpha value is -2.41. The van der Waals surface area contributed by atoms with E-state index in [9.17, 15) is 0 Å². The third kappa shape index (κ3) is 4.12. The summed E-state index contributed by atoms with van der Waals surface area (Å²) in [4.78, 5) is 17.9. The van der Waals surface area contributed by atoms with Gasteiger partial charge in [0.2, 0.25) is 0 Å². The highest BCUT2D eigenvalue weighted by molar-refractivity contribution is 7.98. The van der Waals surface area contributed by atoms with Gasteiger partial charge in [-0.25, -0.2) is 9.97 Å². The number of anilines is 1. The first kappa shape index (κ1) is 22.1. The van der Waals surface area contributed by atoms with Crippen molar-refractivity contribution in [1.29, 1.82) is 0 Å². The van der Waals surface area contributed by atoms with Gasteiger partial charge in [-0.1, -0.05) is 72.4 Å². The van der Waals surface area contributed by atoms with Crippen LogP contribution < -0.4 is 4.90 Å². The van der Waals surface area contributed by atoms with Crippen molar-refractivity contribution in [1.82, 2.24) is 14.9 Å². The Balaban J connectivity index is 1.31. The van der Waals surface area contributed by atoms with Crippen molar-refractivity contribution < 1.29 is 0 Å². The molecule has 1 aliphatic carbocycles. The summed E-state index contributed by atoms with van der Waals surface area (Å²) in [6.07, 6.45) is 7.05. The van der Waals surface area contributed by atoms with Crippen LogP contribution >= 0.6 is 23.1 Å². The largest absolute Gasteiger partial charge is 0.353 e. The lowest BCUT2D eigenvalue weighted by molar-refractivity contribution is 0.212. The molecule has 2 aromatic carbocycles. The minimum atomic E-state index is 0.283. The van der Waals surface area contributed by atoms with E-state index in [1.54, 1.807) is 16.6 Å². The number of hydrogen-bond acceptors (Lipinski definition) is 6. The Morgan fingerprint density at radius 3 is 2.12 bits per heavy atom. The van der Waals surface area contributed by atoms with Crippen LogP contribution in [0.4, 0.5) is 5.82 Å². The molecule has 0 spiro atoms. The van der Waals surface area contributed by atoms with Gasteiger partial charge in [0.1, 0.15) is 10.6 Å². The van der Waals surface area contributed by atoms with Crippen LogP contribution in [-0.2, 0) is 12.8 Å². The molecule has 0 atom stereocenters. The summed E-state index contributed by atoms with van der Waals surface area (Å²) in [5.41, 5.74) is 4.26. The molecule has 2 aromatic heterocycles. The smallest absolute Gasteiger partial charge is 0.190 e. The first-order valence-corrected chi connectivity index (χ1v) is 14.3. The van der Waals surface area contributed by atoms with Crippen molar-refractivity contribution in [3.8, 4) is 0 Å². The molecule has 34 heavy (non-hydrogen) atoms. The van der Waals surface area contributed by atoms with Crippen LogP contribution in [0.15, 0.2) is 65.8 Å². The molecule has 1 aliphatic heterocycles. The van der Waals surface area contributed by atoms with Gasteiger partial charge < -0.3 is 4.90 Å². The van der Waals surface area contributed by atoms with E-state index < -0.39 is 0 Å². The highest BCUT2D eigenvalue weighted by Crippen LogP contribution is 2.41. The average Bonchev–Trinajstić information content (AvgIpc) is 3.28. The fraction of sp³-hybridized carbons (Fsp3) is 0.357. The molecule has 174 valence electrons. The van der Waals surface area contributed by atoms with Gasteiger partial charge in [0.25, 0.3) is 0 Å². The van der Waals surface area contributed by atoms with E-state index in [2.05, 4.69) is 76.7 Å². The second kappa shape index (κ2) is 9.68. The third-order valence-corrected chi connectivity index (χ3v) is 8.90. The number of aryl methyl sites for hydroxylation is 2. The van der Waals surface area contributed by atoms with Crippen molar-refractivity contribution in [2.45, 2.75) is 36.9 Å². The predicted octanol–water partition coefficient (Wildman–Crippen LogP) is 6.20. The molecule has 0 radical (unpaired) electrons. The molecule has 3 heterocycles. The molecular weight excluding hydrogens is 456 g/mol. The minimum absolute atomic E-state index is 0.283. The molecule has 0 N–H and O–H groups in total. The van der Waals surface area contributed by atoms with E-state index in [1.807, 2.05) is 11.3 Å². The first-order chi connectivity index (χ1) is 16.8. The monoisotopic (exact) mass is 486 g/mol. The molecule has 0 saturated carbocycles. The second-order valence-corrected chi connectivity index (χ2v) is 11.0. The minimum Gasteiger partial charge on any atom is -0.353 e. The molecule has 6 rings (SSSR count). The van der Waals surface area contributed by atoms with E-state index in [-0.39, 0.29) is 6.04 Å². The van der Waals surface area contributed by atoms with Crippen molar-refractivity contribution in [3.63, 3.8) is 0 Å². The van der Waals surface area contributed by atoms with E-state index in [0.29, 0.717) is 0 Å². The molecule has 2 aliphatic rings. The summed E-state index contributed by atoms with van der Waals surface area (Å²) in [7, 11) is 0. The Bertz CT molecular complexity index is 1220. The van der Waals surface area contributed by atoms with Gasteiger partial charge in [-0.3, -0.25) is 4.90 Å². The summed E-state index contributed by atoms with van der Waals surface area (Å²) >= 11 is 3.56. The summed E-state index contributed by atoms with van der Waals surface area (Å²) in [5, 5.41) is 2.24. The molecule has 4 nitrogen and oxygen atoms in total. The summed E-state index contributed by atoms with van der Waals surface area (Å²) < 4.78 is 0. The van der Waals surface area contributed by atoms with Gasteiger partial charge in [-0.2, -0.15) is 0 Å². The van der Waals surface area contributed by atoms with Crippen LogP contribution in [0, 0.1) is 0 Å². The summed E-state index contributed by atoms with van der Waals surface area (Å²) in [6.45, 7) is 4.00. The molecular formula is C28H30N4S2. The van der Waals surface area contributed by atoms with Crippen molar-refractivity contribution in [2.75, 3.05) is 37.3 Å². The molecule has 0 unspecified atom stereocenters. The van der Waals surface area contributed by atoms with Gasteiger partial charge in [0.15, 0.2) is 5.16 Å². The Morgan fingerprint density at radius 1 is 0.824 bits per heavy atom. The number of rotatable bonds is 5. The molecule has 0 bridgehead atoms. The quantitative estimate of drug-likeness (QED) is 0.248. The molecule has 1 saturated heterocycles. The fourth-order valence-electron chi connectivity index (χ4n) is 5.52. The van der Waals surface area contributed by atoms with Gasteiger partial charge in [-0.15, -0.1) is 11.3 Å². The Kier molecular flexibility index (Phi) is 6.29.